The normalized spacial score (nSPS) is 18.2. The molecule has 0 radical (unpaired) electrons. The van der Waals surface area contributed by atoms with Gasteiger partial charge in [0.15, 0.2) is 0 Å². The fourth-order valence-corrected chi connectivity index (χ4v) is 4.12. The molecule has 2 aromatic rings. The van der Waals surface area contributed by atoms with Gasteiger partial charge in [-0.05, 0) is 62.9 Å². The Balaban J connectivity index is 1.64. The Morgan fingerprint density at radius 1 is 1.07 bits per heavy atom. The van der Waals surface area contributed by atoms with Crippen LogP contribution >= 0.6 is 0 Å². The first-order chi connectivity index (χ1) is 14.0. The molecule has 29 heavy (non-hydrogen) atoms. The third-order valence-electron chi connectivity index (χ3n) is 5.53. The van der Waals surface area contributed by atoms with Gasteiger partial charge in [-0.15, -0.1) is 0 Å². The minimum Gasteiger partial charge on any atom is -0.369 e. The molecule has 150 valence electrons. The van der Waals surface area contributed by atoms with E-state index in [9.17, 15) is 4.79 Å². The lowest BCUT2D eigenvalue weighted by Crippen LogP contribution is -2.58. The van der Waals surface area contributed by atoms with Crippen molar-refractivity contribution in [2.75, 3.05) is 10.2 Å². The number of aliphatic imine (C=N–C) groups is 2. The van der Waals surface area contributed by atoms with Crippen LogP contribution in [-0.2, 0) is 0 Å². The molecule has 1 aliphatic heterocycles. The number of nitrogens with two attached hydrogens (primary N) is 2. The van der Waals surface area contributed by atoms with Gasteiger partial charge in [-0.3, -0.25) is 9.69 Å². The topological polar surface area (TPSA) is 109 Å². The van der Waals surface area contributed by atoms with Crippen molar-refractivity contribution in [2.45, 2.75) is 44.7 Å². The molecule has 0 unspecified atom stereocenters. The van der Waals surface area contributed by atoms with E-state index in [1.165, 1.54) is 6.42 Å². The average Bonchev–Trinajstić information content (AvgIpc) is 2.70. The zero-order valence-corrected chi connectivity index (χ0v) is 16.6. The van der Waals surface area contributed by atoms with Gasteiger partial charge in [0, 0.05) is 16.9 Å². The van der Waals surface area contributed by atoms with E-state index < -0.39 is 5.66 Å². The van der Waals surface area contributed by atoms with Gasteiger partial charge in [-0.25, -0.2) is 4.99 Å². The zero-order valence-electron chi connectivity index (χ0n) is 16.6. The SMILES string of the molecule is Cc1ccc(NC(=O)c2cccc(N3C(N)=NC(N)=NC34CCCCC4)c2)cc1. The van der Waals surface area contributed by atoms with Crippen LogP contribution in [0.3, 0.4) is 0 Å². The predicted octanol–water partition coefficient (Wildman–Crippen LogP) is 3.36. The highest BCUT2D eigenvalue weighted by Crippen LogP contribution is 2.39. The van der Waals surface area contributed by atoms with Gasteiger partial charge in [0.1, 0.15) is 5.66 Å². The monoisotopic (exact) mass is 390 g/mol. The van der Waals surface area contributed by atoms with E-state index >= 15 is 0 Å². The van der Waals surface area contributed by atoms with Gasteiger partial charge < -0.3 is 16.8 Å². The van der Waals surface area contributed by atoms with Crippen LogP contribution < -0.4 is 21.7 Å². The van der Waals surface area contributed by atoms with E-state index in [0.29, 0.717) is 11.5 Å². The van der Waals surface area contributed by atoms with Crippen LogP contribution in [0.15, 0.2) is 58.5 Å². The number of benzene rings is 2. The Morgan fingerprint density at radius 3 is 2.52 bits per heavy atom. The molecule has 1 aliphatic carbocycles. The quantitative estimate of drug-likeness (QED) is 0.746. The van der Waals surface area contributed by atoms with Crippen LogP contribution in [0.1, 0.15) is 48.0 Å². The number of guanidine groups is 2. The molecule has 2 aromatic carbocycles. The third kappa shape index (κ3) is 3.81. The second kappa shape index (κ2) is 7.58. The molecule has 0 aromatic heterocycles. The fourth-order valence-electron chi connectivity index (χ4n) is 4.12. The number of hydrogen-bond donors (Lipinski definition) is 3. The number of hydrogen-bond acceptors (Lipinski definition) is 6. The second-order valence-corrected chi connectivity index (χ2v) is 7.69. The van der Waals surface area contributed by atoms with E-state index in [1.54, 1.807) is 6.07 Å². The third-order valence-corrected chi connectivity index (χ3v) is 5.53. The van der Waals surface area contributed by atoms with Crippen LogP contribution in [0.25, 0.3) is 0 Å². The summed E-state index contributed by atoms with van der Waals surface area (Å²) in [6.07, 6.45) is 4.97. The largest absolute Gasteiger partial charge is 0.369 e. The summed E-state index contributed by atoms with van der Waals surface area (Å²) >= 11 is 0. The van der Waals surface area contributed by atoms with Crippen molar-refractivity contribution >= 4 is 29.2 Å². The highest BCUT2D eigenvalue weighted by molar-refractivity contribution is 6.08. The number of amides is 1. The fraction of sp³-hybridized carbons (Fsp3) is 0.318. The summed E-state index contributed by atoms with van der Waals surface area (Å²) in [6, 6.07) is 15.1. The molecule has 5 N–H and O–H groups in total. The molecule has 1 spiro atoms. The maximum atomic E-state index is 12.8. The molecule has 1 heterocycles. The van der Waals surface area contributed by atoms with Crippen molar-refractivity contribution in [2.24, 2.45) is 21.5 Å². The molecule has 4 rings (SSSR count). The number of nitrogens with zero attached hydrogens (tertiary/aromatic N) is 3. The van der Waals surface area contributed by atoms with Gasteiger partial charge in [-0.1, -0.05) is 30.2 Å². The summed E-state index contributed by atoms with van der Waals surface area (Å²) in [5.74, 6) is 0.355. The standard InChI is InChI=1S/C22H26N6O/c1-15-8-10-17(11-9-15)25-19(29)16-6-5-7-18(14-16)28-21(24)26-20(23)27-22(28)12-3-2-4-13-22/h5-11,14H,2-4,12-13H2,1H3,(H,25,29)(H4,23,24,26,27). The smallest absolute Gasteiger partial charge is 0.255 e. The Hall–Kier alpha value is -3.35. The number of carbonyl (C=O) groups excluding carboxylic acids is 1. The molecule has 0 saturated heterocycles. The predicted molar refractivity (Wildman–Crippen MR) is 117 cm³/mol. The Bertz CT molecular complexity index is 973. The van der Waals surface area contributed by atoms with Crippen molar-refractivity contribution in [3.05, 3.63) is 59.7 Å². The number of rotatable bonds is 3. The van der Waals surface area contributed by atoms with Gasteiger partial charge in [0.2, 0.25) is 11.9 Å². The summed E-state index contributed by atoms with van der Waals surface area (Å²) in [7, 11) is 0. The lowest BCUT2D eigenvalue weighted by atomic mass is 9.87. The summed E-state index contributed by atoms with van der Waals surface area (Å²) in [4.78, 5) is 23.6. The van der Waals surface area contributed by atoms with Crippen molar-refractivity contribution in [3.8, 4) is 0 Å². The number of aryl methyl sites for hydroxylation is 1. The maximum Gasteiger partial charge on any atom is 0.255 e. The van der Waals surface area contributed by atoms with Crippen molar-refractivity contribution in [3.63, 3.8) is 0 Å². The van der Waals surface area contributed by atoms with Crippen molar-refractivity contribution in [1.82, 2.24) is 0 Å². The summed E-state index contributed by atoms with van der Waals surface area (Å²) < 4.78 is 0. The summed E-state index contributed by atoms with van der Waals surface area (Å²) in [5.41, 5.74) is 14.9. The second-order valence-electron chi connectivity index (χ2n) is 7.69. The zero-order chi connectivity index (χ0) is 20.4. The van der Waals surface area contributed by atoms with Gasteiger partial charge in [-0.2, -0.15) is 4.99 Å². The first-order valence-electron chi connectivity index (χ1n) is 9.95. The van der Waals surface area contributed by atoms with Gasteiger partial charge in [0.05, 0.1) is 0 Å². The summed E-state index contributed by atoms with van der Waals surface area (Å²) in [6.45, 7) is 2.01. The summed E-state index contributed by atoms with van der Waals surface area (Å²) in [5, 5.41) is 2.94. The average molecular weight is 390 g/mol. The minimum absolute atomic E-state index is 0.177. The van der Waals surface area contributed by atoms with Crippen LogP contribution in [0.5, 0.6) is 0 Å². The maximum absolute atomic E-state index is 12.8. The molecule has 1 saturated carbocycles. The minimum atomic E-state index is -0.528. The molecule has 0 atom stereocenters. The molecule has 1 fully saturated rings. The van der Waals surface area contributed by atoms with E-state index in [2.05, 4.69) is 15.3 Å². The lowest BCUT2D eigenvalue weighted by molar-refractivity contribution is 0.102. The van der Waals surface area contributed by atoms with Crippen molar-refractivity contribution in [1.29, 1.82) is 0 Å². The Morgan fingerprint density at radius 2 is 1.79 bits per heavy atom. The van der Waals surface area contributed by atoms with Crippen LogP contribution in [0.2, 0.25) is 0 Å². The molecule has 7 heteroatoms. The number of nitrogens with one attached hydrogen (secondary N) is 1. The Kier molecular flexibility index (Phi) is 4.96. The van der Waals surface area contributed by atoms with Gasteiger partial charge >= 0.3 is 0 Å². The van der Waals surface area contributed by atoms with E-state index in [-0.39, 0.29) is 11.9 Å². The molecular formula is C22H26N6O. The van der Waals surface area contributed by atoms with Crippen LogP contribution in [0, 0.1) is 6.92 Å². The molecule has 0 bridgehead atoms. The molecular weight excluding hydrogens is 364 g/mol. The molecule has 1 amide bonds. The lowest BCUT2D eigenvalue weighted by Gasteiger charge is -2.45. The van der Waals surface area contributed by atoms with E-state index in [4.69, 9.17) is 11.5 Å². The molecule has 2 aliphatic rings. The van der Waals surface area contributed by atoms with E-state index in [0.717, 1.165) is 42.6 Å². The Labute approximate surface area is 170 Å². The van der Waals surface area contributed by atoms with Crippen LogP contribution in [-0.4, -0.2) is 23.5 Å². The first-order valence-corrected chi connectivity index (χ1v) is 9.95. The van der Waals surface area contributed by atoms with E-state index in [1.807, 2.05) is 54.3 Å². The number of carbonyl (C=O) groups is 1. The number of anilines is 2. The van der Waals surface area contributed by atoms with Gasteiger partial charge in [0.25, 0.3) is 5.91 Å². The van der Waals surface area contributed by atoms with Crippen LogP contribution in [0.4, 0.5) is 11.4 Å². The first kappa shape index (κ1) is 19.0. The highest BCUT2D eigenvalue weighted by Gasteiger charge is 2.42. The highest BCUT2D eigenvalue weighted by atomic mass is 16.1. The van der Waals surface area contributed by atoms with Crippen molar-refractivity contribution < 1.29 is 4.79 Å². The molecule has 7 nitrogen and oxygen atoms in total.